The number of hydrogen-bond acceptors (Lipinski definition) is 3. The zero-order valence-corrected chi connectivity index (χ0v) is 16.8. The van der Waals surface area contributed by atoms with Gasteiger partial charge in [0.2, 0.25) is 0 Å². The lowest BCUT2D eigenvalue weighted by molar-refractivity contribution is -0.164. The van der Waals surface area contributed by atoms with Crippen molar-refractivity contribution in [2.75, 3.05) is 6.61 Å². The summed E-state index contributed by atoms with van der Waals surface area (Å²) in [5, 5.41) is -0.277. The predicted octanol–water partition coefficient (Wildman–Crippen LogP) is 4.76. The lowest BCUT2D eigenvalue weighted by Crippen LogP contribution is -2.36. The van der Waals surface area contributed by atoms with Gasteiger partial charge >= 0.3 is 5.97 Å². The van der Waals surface area contributed by atoms with Gasteiger partial charge in [0.05, 0.1) is 12.7 Å². The summed E-state index contributed by atoms with van der Waals surface area (Å²) in [5.74, 6) is -0.00804. The second-order valence-electron chi connectivity index (χ2n) is 9.74. The molecular weight excluding hydrogens is 287 g/mol. The molecule has 0 amide bonds. The van der Waals surface area contributed by atoms with Crippen LogP contribution in [0.3, 0.4) is 0 Å². The van der Waals surface area contributed by atoms with E-state index in [0.717, 1.165) is 26.5 Å². The summed E-state index contributed by atoms with van der Waals surface area (Å²) in [4.78, 5) is 13.0. The van der Waals surface area contributed by atoms with Crippen LogP contribution in [-0.4, -0.2) is 31.6 Å². The molecule has 0 aromatic rings. The third-order valence-corrected chi connectivity index (χ3v) is 5.31. The van der Waals surface area contributed by atoms with Crippen molar-refractivity contribution >= 4 is 13.2 Å². The van der Waals surface area contributed by atoms with Crippen molar-refractivity contribution in [1.29, 1.82) is 0 Å². The van der Waals surface area contributed by atoms with Crippen LogP contribution in [0.2, 0.25) is 10.6 Å². The minimum atomic E-state index is -0.435. The highest BCUT2D eigenvalue weighted by molar-refractivity contribution is 6.66. The highest BCUT2D eigenvalue weighted by Gasteiger charge is 2.69. The molecule has 3 nitrogen and oxygen atoms in total. The molecule has 0 bridgehead atoms. The summed E-state index contributed by atoms with van der Waals surface area (Å²) >= 11 is 0. The van der Waals surface area contributed by atoms with Crippen molar-refractivity contribution in [2.24, 2.45) is 5.41 Å². The Morgan fingerprint density at radius 3 is 2.04 bits per heavy atom. The van der Waals surface area contributed by atoms with Crippen molar-refractivity contribution in [3.05, 3.63) is 0 Å². The van der Waals surface area contributed by atoms with E-state index in [1.165, 1.54) is 0 Å². The van der Waals surface area contributed by atoms with Gasteiger partial charge in [-0.2, -0.15) is 0 Å². The summed E-state index contributed by atoms with van der Waals surface area (Å²) in [6.07, 6.45) is 2.65. The molecule has 0 aliphatic carbocycles. The van der Waals surface area contributed by atoms with Crippen LogP contribution < -0.4 is 0 Å². The van der Waals surface area contributed by atoms with E-state index in [4.69, 9.17) is 9.47 Å². The molecule has 1 rings (SSSR count). The minimum absolute atomic E-state index is 0.00804. The van der Waals surface area contributed by atoms with Crippen LogP contribution in [0.4, 0.5) is 0 Å². The first-order chi connectivity index (χ1) is 10.3. The number of carbonyl (C=O) groups is 1. The monoisotopic (exact) mass is 324 g/mol. The Labute approximate surface area is 144 Å². The number of hydrogen-bond donors (Lipinski definition) is 0. The summed E-state index contributed by atoms with van der Waals surface area (Å²) in [6.45, 7) is 19.8. The van der Waals surface area contributed by atoms with Gasteiger partial charge in [-0.15, -0.1) is 0 Å². The Kier molecular flexibility index (Phi) is 6.05. The highest BCUT2D eigenvalue weighted by Crippen LogP contribution is 2.73. The molecule has 0 aromatic carbocycles. The Morgan fingerprint density at radius 1 is 1.17 bits per heavy atom. The Bertz CT molecular complexity index is 425. The second-order valence-corrected chi connectivity index (χ2v) is 9.74. The molecule has 1 fully saturated rings. The van der Waals surface area contributed by atoms with Gasteiger partial charge in [-0.1, -0.05) is 41.5 Å². The zero-order valence-electron chi connectivity index (χ0n) is 16.8. The maximum Gasteiger partial charge on any atom is 0.304 e. The molecule has 0 N–H and O–H groups in total. The fraction of sp³-hybridized carbons (Fsp3) is 0.947. The van der Waals surface area contributed by atoms with Crippen molar-refractivity contribution in [2.45, 2.75) is 104 Å². The van der Waals surface area contributed by atoms with Gasteiger partial charge in [0.25, 0.3) is 0 Å². The maximum atomic E-state index is 13.0. The fourth-order valence-electron chi connectivity index (χ4n) is 3.47. The zero-order chi connectivity index (χ0) is 18.1. The molecule has 0 spiro atoms. The number of rotatable bonds is 8. The van der Waals surface area contributed by atoms with Crippen LogP contribution in [0.5, 0.6) is 0 Å². The van der Waals surface area contributed by atoms with E-state index in [-0.39, 0.29) is 28.1 Å². The molecule has 2 atom stereocenters. The minimum Gasteiger partial charge on any atom is -0.459 e. The average Bonchev–Trinajstić information content (AvgIpc) is 2.89. The molecule has 1 heterocycles. The normalized spacial score (nSPS) is 25.7. The molecule has 23 heavy (non-hydrogen) atoms. The van der Waals surface area contributed by atoms with Gasteiger partial charge in [0, 0.05) is 11.7 Å². The van der Waals surface area contributed by atoms with Crippen LogP contribution >= 0.6 is 0 Å². The predicted molar refractivity (Wildman–Crippen MR) is 98.4 cm³/mol. The molecule has 1 saturated heterocycles. The third-order valence-electron chi connectivity index (χ3n) is 5.31. The van der Waals surface area contributed by atoms with E-state index < -0.39 is 5.60 Å². The van der Waals surface area contributed by atoms with E-state index in [2.05, 4.69) is 41.5 Å². The molecule has 0 saturated carbocycles. The first-order valence-corrected chi connectivity index (χ1v) is 9.12. The Hall–Kier alpha value is -0.505. The van der Waals surface area contributed by atoms with E-state index in [1.807, 2.05) is 20.8 Å². The van der Waals surface area contributed by atoms with Gasteiger partial charge in [0.15, 0.2) is 0 Å². The van der Waals surface area contributed by atoms with Crippen LogP contribution in [0.15, 0.2) is 0 Å². The van der Waals surface area contributed by atoms with E-state index in [9.17, 15) is 4.79 Å². The Balaban J connectivity index is 2.78. The number of esters is 1. The topological polar surface area (TPSA) is 35.5 Å². The smallest absolute Gasteiger partial charge is 0.304 e. The van der Waals surface area contributed by atoms with Crippen molar-refractivity contribution in [3.63, 3.8) is 0 Å². The molecule has 1 aliphatic heterocycles. The van der Waals surface area contributed by atoms with Crippen molar-refractivity contribution < 1.29 is 14.3 Å². The molecule has 0 radical (unpaired) electrons. The van der Waals surface area contributed by atoms with E-state index >= 15 is 0 Å². The van der Waals surface area contributed by atoms with Crippen LogP contribution in [0, 0.1) is 5.41 Å². The van der Waals surface area contributed by atoms with Gasteiger partial charge < -0.3 is 9.47 Å². The van der Waals surface area contributed by atoms with Crippen LogP contribution in [0.25, 0.3) is 0 Å². The number of carbonyl (C=O) groups excluding carboxylic acids is 1. The molecule has 2 unspecified atom stereocenters. The quantitative estimate of drug-likeness (QED) is 0.477. The second kappa shape index (κ2) is 6.78. The van der Waals surface area contributed by atoms with Gasteiger partial charge in [0.1, 0.15) is 12.9 Å². The van der Waals surface area contributed by atoms with Gasteiger partial charge in [-0.3, -0.25) is 4.79 Å². The first kappa shape index (κ1) is 20.5. The van der Waals surface area contributed by atoms with Crippen LogP contribution in [-0.2, 0) is 14.3 Å². The van der Waals surface area contributed by atoms with Gasteiger partial charge in [-0.25, -0.2) is 0 Å². The standard InChI is InChI=1S/C19H37BO3/c1-10-18(9,11-12-22-14(2)3)23-15(21)19(13-16(4,5)6)17(7,8)20-19/h14,20H,10-13H2,1-9H3. The molecule has 1 aliphatic rings. The summed E-state index contributed by atoms with van der Waals surface area (Å²) in [5.41, 5.74) is -0.314. The lowest BCUT2D eigenvalue weighted by atomic mass is 9.74. The largest absolute Gasteiger partial charge is 0.459 e. The number of ether oxygens (including phenoxy) is 2. The lowest BCUT2D eigenvalue weighted by Gasteiger charge is -2.34. The average molecular weight is 324 g/mol. The van der Waals surface area contributed by atoms with E-state index in [1.54, 1.807) is 0 Å². The maximum absolute atomic E-state index is 13.0. The third kappa shape index (κ3) is 5.24. The summed E-state index contributed by atoms with van der Waals surface area (Å²) in [6, 6.07) is 0. The molecule has 0 aromatic heterocycles. The Morgan fingerprint density at radius 2 is 1.70 bits per heavy atom. The SMILES string of the molecule is CCC(C)(CCOC(C)C)OC(=O)C1(CC(C)(C)C)BC1(C)C. The fourth-order valence-corrected chi connectivity index (χ4v) is 3.47. The molecule has 4 heteroatoms. The molecule has 134 valence electrons. The van der Waals surface area contributed by atoms with Crippen LogP contribution in [0.1, 0.15) is 81.6 Å². The summed E-state index contributed by atoms with van der Waals surface area (Å²) < 4.78 is 11.7. The van der Waals surface area contributed by atoms with E-state index in [0.29, 0.717) is 6.61 Å². The molecular formula is C19H37BO3. The van der Waals surface area contributed by atoms with Crippen molar-refractivity contribution in [3.8, 4) is 0 Å². The van der Waals surface area contributed by atoms with Gasteiger partial charge in [-0.05, 0) is 44.3 Å². The summed E-state index contributed by atoms with van der Waals surface area (Å²) in [7, 11) is 0.929. The highest BCUT2D eigenvalue weighted by atomic mass is 16.6. The van der Waals surface area contributed by atoms with Crippen molar-refractivity contribution in [1.82, 2.24) is 0 Å². The first-order valence-electron chi connectivity index (χ1n) is 9.12.